The van der Waals surface area contributed by atoms with Crippen molar-refractivity contribution in [1.29, 1.82) is 0 Å². The lowest BCUT2D eigenvalue weighted by molar-refractivity contribution is -0.384. The molecular formula is C21H18N2O7. The van der Waals surface area contributed by atoms with Crippen LogP contribution in [0.5, 0.6) is 11.5 Å². The van der Waals surface area contributed by atoms with E-state index in [9.17, 15) is 25.0 Å². The molecule has 0 atom stereocenters. The van der Waals surface area contributed by atoms with E-state index in [4.69, 9.17) is 9.84 Å². The molecule has 0 saturated carbocycles. The van der Waals surface area contributed by atoms with Crippen LogP contribution >= 0.6 is 0 Å². The minimum atomic E-state index is -0.541. The Labute approximate surface area is 170 Å². The molecule has 4 rings (SSSR count). The molecule has 0 saturated heterocycles. The molecule has 0 heterocycles. The molecule has 0 aliphatic rings. The van der Waals surface area contributed by atoms with Gasteiger partial charge in [-0.2, -0.15) is 0 Å². The number of aliphatic hydroxyl groups is 1. The van der Waals surface area contributed by atoms with E-state index in [1.807, 2.05) is 24.3 Å². The third kappa shape index (κ3) is 6.21. The van der Waals surface area contributed by atoms with Crippen LogP contribution in [0.2, 0.25) is 0 Å². The molecule has 0 spiro atoms. The van der Waals surface area contributed by atoms with Crippen LogP contribution in [-0.2, 0) is 0 Å². The molecule has 0 radical (unpaired) electrons. The van der Waals surface area contributed by atoms with Gasteiger partial charge in [0.25, 0.3) is 11.4 Å². The Morgan fingerprint density at radius 1 is 0.800 bits per heavy atom. The Hall–Kier alpha value is -4.11. The molecule has 0 unspecified atom stereocenters. The number of fused-ring (bicyclic) bond motifs is 1. The minimum Gasteiger partial charge on any atom is -0.457 e. The molecule has 4 aromatic rings. The predicted molar refractivity (Wildman–Crippen MR) is 112 cm³/mol. The van der Waals surface area contributed by atoms with E-state index in [1.54, 1.807) is 6.92 Å². The normalized spacial score (nSPS) is 9.80. The van der Waals surface area contributed by atoms with Crippen LogP contribution in [0.25, 0.3) is 10.8 Å². The number of aliphatic hydroxyl groups excluding tert-OH is 1. The lowest BCUT2D eigenvalue weighted by atomic mass is 10.3. The SMILES string of the molecule is CCO.O=[N+]([O-])c1cccc(Oc2cccc([N+](=O)[O-])c2)c1.O=c1c2ccccc12. The molecule has 0 aliphatic carbocycles. The van der Waals surface area contributed by atoms with Crippen molar-refractivity contribution in [3.63, 3.8) is 0 Å². The van der Waals surface area contributed by atoms with E-state index in [2.05, 4.69) is 0 Å². The number of nitrogens with zero attached hydrogens (tertiary/aromatic N) is 2. The zero-order valence-electron chi connectivity index (χ0n) is 15.9. The lowest BCUT2D eigenvalue weighted by Crippen LogP contribution is -1.91. The highest BCUT2D eigenvalue weighted by molar-refractivity contribution is 5.97. The molecule has 0 fully saturated rings. The second-order valence-corrected chi connectivity index (χ2v) is 5.80. The lowest BCUT2D eigenvalue weighted by Gasteiger charge is -2.04. The van der Waals surface area contributed by atoms with E-state index in [1.165, 1.54) is 48.5 Å². The van der Waals surface area contributed by atoms with Crippen LogP contribution in [0.15, 0.2) is 77.6 Å². The van der Waals surface area contributed by atoms with Crippen molar-refractivity contribution < 1.29 is 19.7 Å². The topological polar surface area (TPSA) is 133 Å². The average Bonchev–Trinajstić information content (AvgIpc) is 3.40. The van der Waals surface area contributed by atoms with E-state index < -0.39 is 9.85 Å². The van der Waals surface area contributed by atoms with Gasteiger partial charge in [-0.15, -0.1) is 0 Å². The molecule has 9 nitrogen and oxygen atoms in total. The average molecular weight is 410 g/mol. The smallest absolute Gasteiger partial charge is 0.273 e. The summed E-state index contributed by atoms with van der Waals surface area (Å²) in [6, 6.07) is 18.6. The van der Waals surface area contributed by atoms with Crippen molar-refractivity contribution in [2.75, 3.05) is 6.61 Å². The van der Waals surface area contributed by atoms with E-state index in [-0.39, 0.29) is 34.9 Å². The van der Waals surface area contributed by atoms with Crippen LogP contribution in [0, 0.1) is 20.2 Å². The van der Waals surface area contributed by atoms with E-state index in [0.717, 1.165) is 10.8 Å². The fourth-order valence-electron chi connectivity index (χ4n) is 2.29. The summed E-state index contributed by atoms with van der Waals surface area (Å²) in [5.41, 5.74) is 0.000798. The molecule has 9 heteroatoms. The highest BCUT2D eigenvalue weighted by atomic mass is 16.6. The van der Waals surface area contributed by atoms with Gasteiger partial charge < -0.3 is 9.84 Å². The summed E-state index contributed by atoms with van der Waals surface area (Å²) in [4.78, 5) is 30.7. The summed E-state index contributed by atoms with van der Waals surface area (Å²) in [6.07, 6.45) is 0. The first-order valence-electron chi connectivity index (χ1n) is 8.78. The number of ether oxygens (including phenoxy) is 1. The number of non-ortho nitro benzene ring substituents is 2. The number of nitro benzene ring substituents is 2. The maximum Gasteiger partial charge on any atom is 0.273 e. The van der Waals surface area contributed by atoms with Gasteiger partial charge in [0.2, 0.25) is 0 Å². The zero-order valence-corrected chi connectivity index (χ0v) is 15.9. The van der Waals surface area contributed by atoms with Crippen molar-refractivity contribution in [3.8, 4) is 11.5 Å². The second kappa shape index (κ2) is 10.4. The highest BCUT2D eigenvalue weighted by Crippen LogP contribution is 2.27. The third-order valence-electron chi connectivity index (χ3n) is 3.65. The van der Waals surface area contributed by atoms with Crippen LogP contribution in [0.1, 0.15) is 6.92 Å². The summed E-state index contributed by atoms with van der Waals surface area (Å²) in [6.45, 7) is 1.93. The van der Waals surface area contributed by atoms with E-state index in [0.29, 0.717) is 0 Å². The van der Waals surface area contributed by atoms with Gasteiger partial charge in [-0.3, -0.25) is 25.0 Å². The largest absolute Gasteiger partial charge is 0.457 e. The van der Waals surface area contributed by atoms with Gasteiger partial charge in [-0.1, -0.05) is 36.4 Å². The molecular weight excluding hydrogens is 392 g/mol. The predicted octanol–water partition coefficient (Wildman–Crippen LogP) is 4.37. The fraction of sp³-hybridized carbons (Fsp3) is 0.0952. The van der Waals surface area contributed by atoms with Gasteiger partial charge in [0.1, 0.15) is 11.5 Å². The molecule has 30 heavy (non-hydrogen) atoms. The summed E-state index contributed by atoms with van der Waals surface area (Å²) < 4.78 is 5.35. The summed E-state index contributed by atoms with van der Waals surface area (Å²) in [7, 11) is 0. The third-order valence-corrected chi connectivity index (χ3v) is 3.65. The van der Waals surface area contributed by atoms with Gasteiger partial charge in [0.15, 0.2) is 5.43 Å². The van der Waals surface area contributed by atoms with E-state index >= 15 is 0 Å². The van der Waals surface area contributed by atoms with Crippen molar-refractivity contribution in [2.24, 2.45) is 0 Å². The first kappa shape index (κ1) is 22.2. The Balaban J connectivity index is 0.000000238. The van der Waals surface area contributed by atoms with Gasteiger partial charge in [0.05, 0.1) is 22.0 Å². The highest BCUT2D eigenvalue weighted by Gasteiger charge is 2.10. The minimum absolute atomic E-state index is 0.108. The van der Waals surface area contributed by atoms with Gasteiger partial charge in [-0.05, 0) is 19.1 Å². The zero-order chi connectivity index (χ0) is 22.1. The van der Waals surface area contributed by atoms with Crippen molar-refractivity contribution >= 4 is 22.1 Å². The number of nitro groups is 2. The molecule has 0 aliphatic heterocycles. The molecule has 1 N–H and O–H groups in total. The Kier molecular flexibility index (Phi) is 7.72. The van der Waals surface area contributed by atoms with Crippen LogP contribution < -0.4 is 10.2 Å². The molecule has 0 bridgehead atoms. The van der Waals surface area contributed by atoms with Gasteiger partial charge >= 0.3 is 0 Å². The maximum absolute atomic E-state index is 10.6. The van der Waals surface area contributed by atoms with Crippen LogP contribution in [0.4, 0.5) is 11.4 Å². The van der Waals surface area contributed by atoms with Crippen LogP contribution in [-0.4, -0.2) is 21.6 Å². The van der Waals surface area contributed by atoms with Gasteiger partial charge in [0, 0.05) is 29.5 Å². The fourth-order valence-corrected chi connectivity index (χ4v) is 2.29. The first-order chi connectivity index (χ1) is 14.4. The number of hydrogen-bond acceptors (Lipinski definition) is 7. The van der Waals surface area contributed by atoms with Crippen molar-refractivity contribution in [2.45, 2.75) is 6.92 Å². The molecule has 154 valence electrons. The summed E-state index contributed by atoms with van der Waals surface area (Å²) in [5, 5.41) is 30.6. The number of benzene rings is 3. The first-order valence-corrected chi connectivity index (χ1v) is 8.78. The van der Waals surface area contributed by atoms with Gasteiger partial charge in [-0.25, -0.2) is 0 Å². The Bertz CT molecular complexity index is 1080. The molecule has 4 aromatic carbocycles. The standard InChI is InChI=1S/C12H8N2O5.C7H4O.C2H6O/c15-13(16)9-3-1-5-11(7-9)19-12-6-2-4-10(8-12)14(17)18;8-7-5-3-1-2-4-6(5)7;1-2-3/h1-8H;1-4H;3H,2H2,1H3. The summed E-state index contributed by atoms with van der Waals surface area (Å²) in [5.74, 6) is 0.490. The second-order valence-electron chi connectivity index (χ2n) is 5.80. The number of rotatable bonds is 4. The summed E-state index contributed by atoms with van der Waals surface area (Å²) >= 11 is 0. The monoisotopic (exact) mass is 410 g/mol. The molecule has 0 amide bonds. The Morgan fingerprint density at radius 3 is 1.53 bits per heavy atom. The Morgan fingerprint density at radius 2 is 1.20 bits per heavy atom. The number of hydrogen-bond donors (Lipinski definition) is 1. The maximum atomic E-state index is 10.6. The van der Waals surface area contributed by atoms with Crippen LogP contribution in [0.3, 0.4) is 0 Å². The van der Waals surface area contributed by atoms with Crippen molar-refractivity contribution in [1.82, 2.24) is 0 Å². The van der Waals surface area contributed by atoms with Crippen molar-refractivity contribution in [3.05, 3.63) is 103 Å². The quantitative estimate of drug-likeness (QED) is 0.390. The molecule has 0 aromatic heterocycles.